The van der Waals surface area contributed by atoms with Crippen LogP contribution in [0.15, 0.2) is 78.2 Å². The van der Waals surface area contributed by atoms with Crippen LogP contribution in [0.2, 0.25) is 0 Å². The summed E-state index contributed by atoms with van der Waals surface area (Å²) in [5, 5.41) is 7.68. The highest BCUT2D eigenvalue weighted by Crippen LogP contribution is 2.37. The Labute approximate surface area is 220 Å². The molecule has 8 nitrogen and oxygen atoms in total. The molecule has 1 N–H and O–H groups in total. The fraction of sp³-hybridized carbons (Fsp3) is 0.231. The molecular weight excluding hydrogens is 521 g/mol. The first kappa shape index (κ1) is 27.0. The van der Waals surface area contributed by atoms with Crippen molar-refractivity contribution >= 4 is 28.6 Å². The van der Waals surface area contributed by atoms with Crippen molar-refractivity contribution in [3.05, 3.63) is 89.7 Å². The second-order valence-electron chi connectivity index (χ2n) is 8.05. The van der Waals surface area contributed by atoms with Crippen LogP contribution in [0.4, 0.5) is 18.0 Å². The van der Waals surface area contributed by atoms with Gasteiger partial charge in [-0.05, 0) is 42.3 Å². The van der Waals surface area contributed by atoms with E-state index in [9.17, 15) is 22.8 Å². The molecule has 0 saturated heterocycles. The van der Waals surface area contributed by atoms with Gasteiger partial charge in [0.05, 0.1) is 18.1 Å². The van der Waals surface area contributed by atoms with Crippen LogP contribution in [-0.2, 0) is 0 Å². The predicted molar refractivity (Wildman–Crippen MR) is 136 cm³/mol. The molecular formula is C26H23F3N4O4S. The number of hydrazone groups is 1. The highest BCUT2D eigenvalue weighted by molar-refractivity contribution is 8.14. The van der Waals surface area contributed by atoms with Gasteiger partial charge in [0, 0.05) is 23.5 Å². The lowest BCUT2D eigenvalue weighted by molar-refractivity contribution is -0.275. The van der Waals surface area contributed by atoms with E-state index in [1.165, 1.54) is 43.8 Å². The van der Waals surface area contributed by atoms with Gasteiger partial charge in [0.25, 0.3) is 5.91 Å². The van der Waals surface area contributed by atoms with E-state index >= 15 is 0 Å². The lowest BCUT2D eigenvalue weighted by Crippen LogP contribution is -2.44. The number of carbonyl (C=O) groups excluding carboxylic acids is 2. The number of benzene rings is 2. The van der Waals surface area contributed by atoms with E-state index in [-0.39, 0.29) is 5.75 Å². The number of rotatable bonds is 8. The third-order valence-electron chi connectivity index (χ3n) is 5.58. The van der Waals surface area contributed by atoms with E-state index in [1.54, 1.807) is 36.4 Å². The van der Waals surface area contributed by atoms with E-state index in [1.807, 2.05) is 6.92 Å². The Bertz CT molecular complexity index is 1320. The maximum absolute atomic E-state index is 13.3. The number of methoxy groups -OCH3 is 1. The smallest absolute Gasteiger partial charge is 0.493 e. The summed E-state index contributed by atoms with van der Waals surface area (Å²) < 4.78 is 48.3. The number of thioether (sulfide) groups is 1. The van der Waals surface area contributed by atoms with Crippen molar-refractivity contribution in [2.24, 2.45) is 5.10 Å². The summed E-state index contributed by atoms with van der Waals surface area (Å²) >= 11 is 0.973. The zero-order valence-electron chi connectivity index (χ0n) is 20.3. The molecule has 2 unspecified atom stereocenters. The molecule has 2 amide bonds. The molecule has 0 spiro atoms. The zero-order valence-corrected chi connectivity index (χ0v) is 21.1. The normalized spacial score (nSPS) is 16.4. The van der Waals surface area contributed by atoms with Crippen molar-refractivity contribution < 1.29 is 32.2 Å². The molecule has 2 heterocycles. The Hall–Kier alpha value is -4.06. The third-order valence-corrected chi connectivity index (χ3v) is 6.81. The number of ether oxygens (including phenoxy) is 2. The molecule has 0 bridgehead atoms. The Balaban J connectivity index is 1.77. The fourth-order valence-electron chi connectivity index (χ4n) is 3.81. The van der Waals surface area contributed by atoms with Gasteiger partial charge < -0.3 is 14.8 Å². The zero-order chi connectivity index (χ0) is 27.3. The summed E-state index contributed by atoms with van der Waals surface area (Å²) in [5.41, 5.74) is 1.58. The summed E-state index contributed by atoms with van der Waals surface area (Å²) in [6, 6.07) is 15.9. The van der Waals surface area contributed by atoms with Crippen LogP contribution in [0, 0.1) is 0 Å². The van der Waals surface area contributed by atoms with Crippen LogP contribution in [0.1, 0.15) is 41.0 Å². The second-order valence-corrected chi connectivity index (χ2v) is 9.20. The van der Waals surface area contributed by atoms with E-state index < -0.39 is 34.7 Å². The molecule has 0 fully saturated rings. The Morgan fingerprint density at radius 1 is 1.11 bits per heavy atom. The van der Waals surface area contributed by atoms with Crippen LogP contribution < -0.4 is 14.8 Å². The van der Waals surface area contributed by atoms with Gasteiger partial charge in [-0.25, -0.2) is 0 Å². The van der Waals surface area contributed by atoms with Crippen LogP contribution in [0.5, 0.6) is 11.5 Å². The fourth-order valence-corrected chi connectivity index (χ4v) is 4.77. The van der Waals surface area contributed by atoms with E-state index in [2.05, 4.69) is 20.1 Å². The SMILES string of the molecule is CCC1SC(=O)N(C(NC(=O)c2ccncc2)c2ccccc2)N=C1c1ccc(OC)c(OC(F)(F)F)c1. The van der Waals surface area contributed by atoms with E-state index in [0.29, 0.717) is 28.8 Å². The van der Waals surface area contributed by atoms with Gasteiger partial charge in [0.1, 0.15) is 0 Å². The van der Waals surface area contributed by atoms with Gasteiger partial charge in [-0.15, -0.1) is 13.2 Å². The number of nitrogens with zero attached hydrogens (tertiary/aromatic N) is 3. The van der Waals surface area contributed by atoms with Gasteiger partial charge in [-0.2, -0.15) is 10.1 Å². The average molecular weight is 545 g/mol. The van der Waals surface area contributed by atoms with E-state index in [4.69, 9.17) is 4.74 Å². The van der Waals surface area contributed by atoms with Crippen molar-refractivity contribution in [1.29, 1.82) is 0 Å². The topological polar surface area (TPSA) is 93.1 Å². The maximum atomic E-state index is 13.3. The highest BCUT2D eigenvalue weighted by atomic mass is 32.2. The highest BCUT2D eigenvalue weighted by Gasteiger charge is 2.37. The molecule has 1 aromatic heterocycles. The number of aromatic nitrogens is 1. The molecule has 2 atom stereocenters. The third kappa shape index (κ3) is 6.25. The summed E-state index contributed by atoms with van der Waals surface area (Å²) in [4.78, 5) is 30.2. The van der Waals surface area contributed by atoms with Gasteiger partial charge in [-0.1, -0.05) is 49.0 Å². The van der Waals surface area contributed by atoms with Crippen molar-refractivity contribution in [3.63, 3.8) is 0 Å². The Morgan fingerprint density at radius 2 is 1.82 bits per heavy atom. The minimum atomic E-state index is -4.93. The Kier molecular flexibility index (Phi) is 8.20. The van der Waals surface area contributed by atoms with Crippen LogP contribution in [0.3, 0.4) is 0 Å². The summed E-state index contributed by atoms with van der Waals surface area (Å²) in [6.07, 6.45) is -2.50. The first-order valence-electron chi connectivity index (χ1n) is 11.5. The number of hydrogen-bond acceptors (Lipinski definition) is 7. The molecule has 3 aromatic rings. The van der Waals surface area contributed by atoms with Gasteiger partial charge >= 0.3 is 11.6 Å². The minimum Gasteiger partial charge on any atom is -0.493 e. The molecule has 0 aliphatic carbocycles. The average Bonchev–Trinajstić information content (AvgIpc) is 2.91. The molecule has 38 heavy (non-hydrogen) atoms. The van der Waals surface area contributed by atoms with Gasteiger partial charge in [0.2, 0.25) is 0 Å². The van der Waals surface area contributed by atoms with Gasteiger partial charge in [0.15, 0.2) is 17.7 Å². The maximum Gasteiger partial charge on any atom is 0.573 e. The largest absolute Gasteiger partial charge is 0.573 e. The van der Waals surface area contributed by atoms with Crippen LogP contribution >= 0.6 is 11.8 Å². The number of nitrogens with one attached hydrogen (secondary N) is 1. The monoisotopic (exact) mass is 544 g/mol. The quantitative estimate of drug-likeness (QED) is 0.387. The standard InChI is InChI=1S/C26H23F3N4O4S/c1-3-21-22(18-9-10-19(36-2)20(15-18)37-26(27,28)29)32-33(25(35)38-21)23(16-7-5-4-6-8-16)31-24(34)17-11-13-30-14-12-17/h4-15,21,23H,3H2,1-2H3,(H,31,34). The number of amides is 2. The summed E-state index contributed by atoms with van der Waals surface area (Å²) in [5.74, 6) is -1.10. The number of carbonyl (C=O) groups is 2. The molecule has 198 valence electrons. The predicted octanol–water partition coefficient (Wildman–Crippen LogP) is 5.77. The number of alkyl halides is 3. The number of halogens is 3. The first-order valence-corrected chi connectivity index (χ1v) is 12.4. The molecule has 2 aromatic carbocycles. The molecule has 4 rings (SSSR count). The van der Waals surface area contributed by atoms with Crippen molar-refractivity contribution in [2.45, 2.75) is 31.1 Å². The minimum absolute atomic E-state index is 0.108. The van der Waals surface area contributed by atoms with Crippen molar-refractivity contribution in [2.75, 3.05) is 7.11 Å². The first-order chi connectivity index (χ1) is 18.2. The van der Waals surface area contributed by atoms with Crippen LogP contribution in [0.25, 0.3) is 0 Å². The van der Waals surface area contributed by atoms with E-state index in [0.717, 1.165) is 16.8 Å². The molecule has 1 aliphatic rings. The van der Waals surface area contributed by atoms with Crippen molar-refractivity contribution in [3.8, 4) is 11.5 Å². The van der Waals surface area contributed by atoms with Crippen molar-refractivity contribution in [1.82, 2.24) is 15.3 Å². The number of hydrogen-bond donors (Lipinski definition) is 1. The molecule has 12 heteroatoms. The lowest BCUT2D eigenvalue weighted by atomic mass is 10.0. The second kappa shape index (κ2) is 11.5. The molecule has 0 saturated carbocycles. The summed E-state index contributed by atoms with van der Waals surface area (Å²) in [7, 11) is 1.23. The lowest BCUT2D eigenvalue weighted by Gasteiger charge is -2.34. The van der Waals surface area contributed by atoms with Crippen LogP contribution in [-0.4, -0.2) is 45.6 Å². The molecule has 1 aliphatic heterocycles. The molecule has 0 radical (unpaired) electrons. The number of pyridine rings is 1. The van der Waals surface area contributed by atoms with Gasteiger partial charge in [-0.3, -0.25) is 14.6 Å². The Morgan fingerprint density at radius 3 is 2.45 bits per heavy atom. The summed E-state index contributed by atoms with van der Waals surface area (Å²) in [6.45, 7) is 1.84.